The van der Waals surface area contributed by atoms with E-state index in [1.165, 1.54) is 0 Å². The van der Waals surface area contributed by atoms with E-state index in [2.05, 4.69) is 15.3 Å². The van der Waals surface area contributed by atoms with Gasteiger partial charge in [0.05, 0.1) is 24.3 Å². The Kier molecular flexibility index (Phi) is 8.14. The monoisotopic (exact) mass is 485 g/mol. The number of amides is 1. The predicted molar refractivity (Wildman–Crippen MR) is 124 cm³/mol. The van der Waals surface area contributed by atoms with E-state index in [9.17, 15) is 19.2 Å². The lowest BCUT2D eigenvalue weighted by molar-refractivity contribution is -0.119. The van der Waals surface area contributed by atoms with E-state index in [0.29, 0.717) is 11.4 Å². The highest BCUT2D eigenvalue weighted by atomic mass is 32.1. The second kappa shape index (κ2) is 11.2. The van der Waals surface area contributed by atoms with Gasteiger partial charge in [-0.1, -0.05) is 12.1 Å². The van der Waals surface area contributed by atoms with Crippen molar-refractivity contribution in [2.24, 2.45) is 0 Å². The number of thiophene rings is 1. The third-order valence-corrected chi connectivity index (χ3v) is 5.75. The standard InChI is InChI=1S/C23H23N3O7S/c1-4-31-22(29)17-13(3)18(23(30)32-5-2)34-20(17)26-16(27)12-33-21(28)15-8-6-14(7-9-15)19-24-10-11-25-19/h6-11H,4-5,12H2,1-3H3,(H,24,25)(H,26,27). The fourth-order valence-corrected chi connectivity index (χ4v) is 4.11. The molecule has 0 aliphatic carbocycles. The molecule has 0 atom stereocenters. The number of carbonyl (C=O) groups excluding carboxylic acids is 4. The molecule has 1 aromatic carbocycles. The maximum absolute atomic E-state index is 12.4. The smallest absolute Gasteiger partial charge is 0.348 e. The molecule has 0 saturated heterocycles. The van der Waals surface area contributed by atoms with E-state index in [0.717, 1.165) is 16.9 Å². The number of imidazole rings is 1. The Morgan fingerprint density at radius 1 is 0.971 bits per heavy atom. The van der Waals surface area contributed by atoms with Crippen LogP contribution in [0.2, 0.25) is 0 Å². The Bertz CT molecular complexity index is 1180. The molecule has 0 fully saturated rings. The Labute approximate surface area is 199 Å². The molecule has 0 aliphatic heterocycles. The van der Waals surface area contributed by atoms with Crippen LogP contribution in [0, 0.1) is 6.92 Å². The number of esters is 3. The summed E-state index contributed by atoms with van der Waals surface area (Å²) in [6.45, 7) is 4.56. The van der Waals surface area contributed by atoms with Crippen LogP contribution in [0.1, 0.15) is 49.8 Å². The third-order valence-electron chi connectivity index (χ3n) is 4.57. The molecule has 0 radical (unpaired) electrons. The Balaban J connectivity index is 1.67. The lowest BCUT2D eigenvalue weighted by atomic mass is 10.1. The number of ether oxygens (including phenoxy) is 3. The van der Waals surface area contributed by atoms with Gasteiger partial charge in [-0.3, -0.25) is 4.79 Å². The molecular formula is C23H23N3O7S. The highest BCUT2D eigenvalue weighted by Crippen LogP contribution is 2.34. The number of hydrogen-bond donors (Lipinski definition) is 2. The van der Waals surface area contributed by atoms with Crippen LogP contribution in [-0.2, 0) is 19.0 Å². The highest BCUT2D eigenvalue weighted by Gasteiger charge is 2.27. The topological polar surface area (TPSA) is 137 Å². The summed E-state index contributed by atoms with van der Waals surface area (Å²) in [6, 6.07) is 6.52. The molecule has 178 valence electrons. The van der Waals surface area contributed by atoms with E-state index < -0.39 is 30.4 Å². The lowest BCUT2D eigenvalue weighted by Crippen LogP contribution is -2.21. The summed E-state index contributed by atoms with van der Waals surface area (Å²) in [5.41, 5.74) is 1.44. The van der Waals surface area contributed by atoms with Crippen molar-refractivity contribution in [1.82, 2.24) is 9.97 Å². The van der Waals surface area contributed by atoms with Crippen molar-refractivity contribution in [1.29, 1.82) is 0 Å². The van der Waals surface area contributed by atoms with Gasteiger partial charge in [0.25, 0.3) is 5.91 Å². The number of aromatic nitrogens is 2. The second-order valence-corrected chi connectivity index (χ2v) is 7.86. The van der Waals surface area contributed by atoms with Crippen molar-refractivity contribution >= 4 is 40.2 Å². The summed E-state index contributed by atoms with van der Waals surface area (Å²) in [5.74, 6) is -2.01. The first-order valence-corrected chi connectivity index (χ1v) is 11.2. The van der Waals surface area contributed by atoms with Crippen LogP contribution in [0.25, 0.3) is 11.4 Å². The second-order valence-electron chi connectivity index (χ2n) is 6.84. The summed E-state index contributed by atoms with van der Waals surface area (Å²) in [7, 11) is 0. The average molecular weight is 486 g/mol. The maximum atomic E-state index is 12.4. The van der Waals surface area contributed by atoms with Gasteiger partial charge in [0.1, 0.15) is 15.7 Å². The van der Waals surface area contributed by atoms with Gasteiger partial charge in [-0.15, -0.1) is 11.3 Å². The van der Waals surface area contributed by atoms with Crippen LogP contribution >= 0.6 is 11.3 Å². The fraction of sp³-hybridized carbons (Fsp3) is 0.261. The number of carbonyl (C=O) groups is 4. The zero-order valence-electron chi connectivity index (χ0n) is 18.8. The Morgan fingerprint density at radius 2 is 1.65 bits per heavy atom. The molecule has 3 rings (SSSR count). The van der Waals surface area contributed by atoms with E-state index >= 15 is 0 Å². The van der Waals surface area contributed by atoms with Gasteiger partial charge < -0.3 is 24.5 Å². The molecule has 2 aromatic heterocycles. The molecule has 11 heteroatoms. The van der Waals surface area contributed by atoms with Crippen LogP contribution < -0.4 is 5.32 Å². The fourth-order valence-electron chi connectivity index (χ4n) is 3.01. The molecule has 3 aromatic rings. The molecule has 0 unspecified atom stereocenters. The van der Waals surface area contributed by atoms with Crippen LogP contribution in [-0.4, -0.2) is 53.6 Å². The van der Waals surface area contributed by atoms with Crippen molar-refractivity contribution in [3.05, 3.63) is 58.2 Å². The Hall–Kier alpha value is -3.99. The lowest BCUT2D eigenvalue weighted by Gasteiger charge is -2.08. The van der Waals surface area contributed by atoms with Crippen molar-refractivity contribution in [2.45, 2.75) is 20.8 Å². The summed E-state index contributed by atoms with van der Waals surface area (Å²) in [5, 5.41) is 2.64. The summed E-state index contributed by atoms with van der Waals surface area (Å²) < 4.78 is 15.1. The molecule has 10 nitrogen and oxygen atoms in total. The minimum absolute atomic E-state index is 0.0584. The third kappa shape index (κ3) is 5.67. The maximum Gasteiger partial charge on any atom is 0.348 e. The summed E-state index contributed by atoms with van der Waals surface area (Å²) in [4.78, 5) is 56.7. The molecule has 1 amide bonds. The highest BCUT2D eigenvalue weighted by molar-refractivity contribution is 7.18. The van der Waals surface area contributed by atoms with Crippen molar-refractivity contribution in [2.75, 3.05) is 25.1 Å². The summed E-state index contributed by atoms with van der Waals surface area (Å²) >= 11 is 0.891. The van der Waals surface area contributed by atoms with Crippen LogP contribution in [0.5, 0.6) is 0 Å². The van der Waals surface area contributed by atoms with E-state index in [1.54, 1.807) is 57.4 Å². The molecule has 0 aliphatic rings. The first-order chi connectivity index (χ1) is 16.3. The SMILES string of the molecule is CCOC(=O)c1sc(NC(=O)COC(=O)c2ccc(-c3ncc[nH]3)cc2)c(C(=O)OCC)c1C. The van der Waals surface area contributed by atoms with Crippen LogP contribution in [0.15, 0.2) is 36.7 Å². The van der Waals surface area contributed by atoms with Gasteiger partial charge in [0.15, 0.2) is 6.61 Å². The first-order valence-electron chi connectivity index (χ1n) is 10.4. The van der Waals surface area contributed by atoms with Crippen molar-refractivity contribution < 1.29 is 33.4 Å². The minimum Gasteiger partial charge on any atom is -0.462 e. The van der Waals surface area contributed by atoms with Crippen LogP contribution in [0.3, 0.4) is 0 Å². The minimum atomic E-state index is -0.693. The van der Waals surface area contributed by atoms with E-state index in [-0.39, 0.29) is 34.2 Å². The normalized spacial score (nSPS) is 10.4. The van der Waals surface area contributed by atoms with Gasteiger partial charge in [-0.05, 0) is 38.5 Å². The van der Waals surface area contributed by atoms with E-state index in [1.807, 2.05) is 0 Å². The number of anilines is 1. The molecule has 0 saturated carbocycles. The molecule has 0 spiro atoms. The van der Waals surface area contributed by atoms with Gasteiger partial charge >= 0.3 is 17.9 Å². The first kappa shape index (κ1) is 24.6. The van der Waals surface area contributed by atoms with E-state index in [4.69, 9.17) is 14.2 Å². The number of aromatic amines is 1. The molecule has 2 heterocycles. The number of H-pyrrole nitrogens is 1. The zero-order chi connectivity index (χ0) is 24.7. The molecular weight excluding hydrogens is 462 g/mol. The van der Waals surface area contributed by atoms with Gasteiger partial charge in [-0.25, -0.2) is 19.4 Å². The molecule has 0 bridgehead atoms. The summed E-state index contributed by atoms with van der Waals surface area (Å²) in [6.07, 6.45) is 3.31. The largest absolute Gasteiger partial charge is 0.462 e. The Morgan fingerprint density at radius 3 is 2.26 bits per heavy atom. The number of benzene rings is 1. The van der Waals surface area contributed by atoms with Gasteiger partial charge in [0.2, 0.25) is 0 Å². The predicted octanol–water partition coefficient (Wildman–Crippen LogP) is 3.60. The number of nitrogens with one attached hydrogen (secondary N) is 2. The number of hydrogen-bond acceptors (Lipinski definition) is 9. The van der Waals surface area contributed by atoms with Crippen LogP contribution in [0.4, 0.5) is 5.00 Å². The average Bonchev–Trinajstić information content (AvgIpc) is 3.46. The van der Waals surface area contributed by atoms with Gasteiger partial charge in [-0.2, -0.15) is 0 Å². The molecule has 34 heavy (non-hydrogen) atoms. The molecule has 2 N–H and O–H groups in total. The number of nitrogens with zero attached hydrogens (tertiary/aromatic N) is 1. The quantitative estimate of drug-likeness (QED) is 0.347. The van der Waals surface area contributed by atoms with Crippen molar-refractivity contribution in [3.63, 3.8) is 0 Å². The number of rotatable bonds is 9. The zero-order valence-corrected chi connectivity index (χ0v) is 19.6. The van der Waals surface area contributed by atoms with Gasteiger partial charge in [0, 0.05) is 18.0 Å². The van der Waals surface area contributed by atoms with Crippen molar-refractivity contribution in [3.8, 4) is 11.4 Å².